The van der Waals surface area contributed by atoms with Crippen molar-refractivity contribution in [1.29, 1.82) is 0 Å². The Morgan fingerprint density at radius 2 is 2.00 bits per heavy atom. The highest BCUT2D eigenvalue weighted by molar-refractivity contribution is 6.00. The predicted octanol–water partition coefficient (Wildman–Crippen LogP) is 3.12. The van der Waals surface area contributed by atoms with Crippen molar-refractivity contribution in [2.45, 2.75) is 72.1 Å². The highest BCUT2D eigenvalue weighted by Gasteiger charge is 2.34. The number of hydrogen-bond acceptors (Lipinski definition) is 4. The SMILES string of the molecule is CC[C@H](C(=O)NCCCN(Cc1ccccc1)C(C)C)N1C(=O)CCn2nc(C)cc21. The average molecular weight is 426 g/mol. The van der Waals surface area contributed by atoms with Crippen molar-refractivity contribution in [3.05, 3.63) is 47.7 Å². The maximum Gasteiger partial charge on any atom is 0.243 e. The molecular formula is C24H35N5O2. The van der Waals surface area contributed by atoms with Crippen LogP contribution in [0.25, 0.3) is 0 Å². The van der Waals surface area contributed by atoms with Crippen LogP contribution in [-0.2, 0) is 22.7 Å². The van der Waals surface area contributed by atoms with Crippen molar-refractivity contribution < 1.29 is 9.59 Å². The summed E-state index contributed by atoms with van der Waals surface area (Å²) in [6.07, 6.45) is 1.80. The molecule has 31 heavy (non-hydrogen) atoms. The molecule has 2 aromatic rings. The normalized spacial score (nSPS) is 14.8. The van der Waals surface area contributed by atoms with E-state index in [1.54, 1.807) is 4.90 Å². The van der Waals surface area contributed by atoms with Gasteiger partial charge in [-0.1, -0.05) is 37.3 Å². The van der Waals surface area contributed by atoms with Crippen LogP contribution >= 0.6 is 0 Å². The van der Waals surface area contributed by atoms with Crippen molar-refractivity contribution >= 4 is 17.6 Å². The fourth-order valence-corrected chi connectivity index (χ4v) is 4.11. The summed E-state index contributed by atoms with van der Waals surface area (Å²) in [7, 11) is 0. The number of hydrogen-bond donors (Lipinski definition) is 1. The summed E-state index contributed by atoms with van der Waals surface area (Å²) in [6, 6.07) is 12.3. The van der Waals surface area contributed by atoms with Gasteiger partial charge in [-0.3, -0.25) is 19.4 Å². The number of aryl methyl sites for hydroxylation is 2. The molecular weight excluding hydrogens is 390 g/mol. The van der Waals surface area contributed by atoms with Crippen LogP contribution in [0.2, 0.25) is 0 Å². The lowest BCUT2D eigenvalue weighted by molar-refractivity contribution is -0.127. The Hall–Kier alpha value is -2.67. The van der Waals surface area contributed by atoms with Crippen molar-refractivity contribution in [3.63, 3.8) is 0 Å². The van der Waals surface area contributed by atoms with Gasteiger partial charge < -0.3 is 5.32 Å². The van der Waals surface area contributed by atoms with Gasteiger partial charge in [0.25, 0.3) is 0 Å². The van der Waals surface area contributed by atoms with E-state index in [2.05, 4.69) is 53.4 Å². The average Bonchev–Trinajstić information content (AvgIpc) is 3.13. The van der Waals surface area contributed by atoms with Crippen LogP contribution in [0, 0.1) is 6.92 Å². The highest BCUT2D eigenvalue weighted by Crippen LogP contribution is 2.26. The van der Waals surface area contributed by atoms with Crippen molar-refractivity contribution in [2.75, 3.05) is 18.0 Å². The number of fused-ring (bicyclic) bond motifs is 1. The second kappa shape index (κ2) is 10.6. The molecule has 1 aliphatic rings. The number of nitrogens with zero attached hydrogens (tertiary/aromatic N) is 4. The number of amides is 2. The van der Waals surface area contributed by atoms with Gasteiger partial charge in [0.15, 0.2) is 0 Å². The molecule has 1 N–H and O–H groups in total. The molecule has 2 heterocycles. The van der Waals surface area contributed by atoms with Crippen molar-refractivity contribution in [3.8, 4) is 0 Å². The van der Waals surface area contributed by atoms with Gasteiger partial charge in [0, 0.05) is 38.2 Å². The van der Waals surface area contributed by atoms with E-state index in [0.717, 1.165) is 31.0 Å². The van der Waals surface area contributed by atoms with Crippen LogP contribution < -0.4 is 10.2 Å². The molecule has 0 fully saturated rings. The lowest BCUT2D eigenvalue weighted by Crippen LogP contribution is -2.52. The number of nitrogens with one attached hydrogen (secondary N) is 1. The summed E-state index contributed by atoms with van der Waals surface area (Å²) < 4.78 is 1.83. The van der Waals surface area contributed by atoms with Crippen LogP contribution in [0.4, 0.5) is 5.82 Å². The molecule has 0 saturated heterocycles. The minimum absolute atomic E-state index is 0.0109. The van der Waals surface area contributed by atoms with Crippen molar-refractivity contribution in [1.82, 2.24) is 20.0 Å². The smallest absolute Gasteiger partial charge is 0.243 e. The molecule has 3 rings (SSSR count). The zero-order chi connectivity index (χ0) is 22.4. The quantitative estimate of drug-likeness (QED) is 0.594. The molecule has 0 radical (unpaired) electrons. The standard InChI is InChI=1S/C24H35N5O2/c1-5-21(29-22-16-19(4)26-28(22)15-12-23(29)30)24(31)25-13-9-14-27(18(2)3)17-20-10-7-6-8-11-20/h6-8,10-11,16,18,21H,5,9,12-15,17H2,1-4H3,(H,25,31)/t21-/m1/s1. The molecule has 7 nitrogen and oxygen atoms in total. The molecule has 0 aliphatic carbocycles. The van der Waals surface area contributed by atoms with Gasteiger partial charge >= 0.3 is 0 Å². The molecule has 7 heteroatoms. The van der Waals surface area contributed by atoms with Gasteiger partial charge in [-0.05, 0) is 39.2 Å². The summed E-state index contributed by atoms with van der Waals surface area (Å²) in [6.45, 7) is 11.2. The second-order valence-corrected chi connectivity index (χ2v) is 8.50. The van der Waals surface area contributed by atoms with Crippen LogP contribution in [0.15, 0.2) is 36.4 Å². The van der Waals surface area contributed by atoms with Crippen molar-refractivity contribution in [2.24, 2.45) is 0 Å². The van der Waals surface area contributed by atoms with Crippen LogP contribution in [0.5, 0.6) is 0 Å². The number of aromatic nitrogens is 2. The summed E-state index contributed by atoms with van der Waals surface area (Å²) in [4.78, 5) is 29.6. The Morgan fingerprint density at radius 1 is 1.26 bits per heavy atom. The first kappa shape index (κ1) is 23.0. The first-order chi connectivity index (χ1) is 14.9. The van der Waals surface area contributed by atoms with E-state index >= 15 is 0 Å². The summed E-state index contributed by atoms with van der Waals surface area (Å²) in [5.41, 5.74) is 2.15. The predicted molar refractivity (Wildman–Crippen MR) is 123 cm³/mol. The summed E-state index contributed by atoms with van der Waals surface area (Å²) >= 11 is 0. The van der Waals surface area contributed by atoms with Gasteiger partial charge in [-0.15, -0.1) is 0 Å². The minimum atomic E-state index is -0.506. The zero-order valence-corrected chi connectivity index (χ0v) is 19.2. The van der Waals surface area contributed by atoms with Crippen LogP contribution in [-0.4, -0.2) is 51.7 Å². The Morgan fingerprint density at radius 3 is 2.68 bits per heavy atom. The fourth-order valence-electron chi connectivity index (χ4n) is 4.11. The Bertz CT molecular complexity index is 877. The third-order valence-corrected chi connectivity index (χ3v) is 5.82. The lowest BCUT2D eigenvalue weighted by atomic mass is 10.1. The van der Waals surface area contributed by atoms with Gasteiger partial charge in [-0.25, -0.2) is 4.68 Å². The highest BCUT2D eigenvalue weighted by atomic mass is 16.2. The topological polar surface area (TPSA) is 70.5 Å². The number of rotatable bonds is 10. The molecule has 0 spiro atoms. The molecule has 0 saturated carbocycles. The molecule has 1 aromatic heterocycles. The summed E-state index contributed by atoms with van der Waals surface area (Å²) in [5, 5.41) is 7.50. The third-order valence-electron chi connectivity index (χ3n) is 5.82. The van der Waals surface area contributed by atoms with E-state index in [1.807, 2.05) is 30.7 Å². The van der Waals surface area contributed by atoms with Gasteiger partial charge in [-0.2, -0.15) is 5.10 Å². The monoisotopic (exact) mass is 425 g/mol. The molecule has 1 aromatic carbocycles. The summed E-state index contributed by atoms with van der Waals surface area (Å²) in [5.74, 6) is 0.621. The zero-order valence-electron chi connectivity index (χ0n) is 19.2. The van der Waals surface area contributed by atoms with Crippen LogP contribution in [0.3, 0.4) is 0 Å². The minimum Gasteiger partial charge on any atom is -0.354 e. The maximum atomic E-state index is 13.0. The molecule has 2 amide bonds. The number of carbonyl (C=O) groups is 2. The van der Waals surface area contributed by atoms with E-state index in [1.165, 1.54) is 5.56 Å². The Balaban J connectivity index is 1.55. The number of benzene rings is 1. The molecule has 0 unspecified atom stereocenters. The number of carbonyl (C=O) groups excluding carboxylic acids is 2. The second-order valence-electron chi connectivity index (χ2n) is 8.50. The molecule has 1 atom stereocenters. The Labute approximate surface area is 185 Å². The van der Waals surface area contributed by atoms with E-state index < -0.39 is 6.04 Å². The van der Waals surface area contributed by atoms with E-state index in [0.29, 0.717) is 32.0 Å². The maximum absolute atomic E-state index is 13.0. The number of anilines is 1. The van der Waals surface area contributed by atoms with Crippen LogP contribution in [0.1, 0.15) is 51.3 Å². The third kappa shape index (κ3) is 5.73. The van der Waals surface area contributed by atoms with E-state index in [9.17, 15) is 9.59 Å². The van der Waals surface area contributed by atoms with Gasteiger partial charge in [0.05, 0.1) is 12.2 Å². The van der Waals surface area contributed by atoms with E-state index in [4.69, 9.17) is 0 Å². The molecule has 1 aliphatic heterocycles. The van der Waals surface area contributed by atoms with E-state index in [-0.39, 0.29) is 11.8 Å². The fraction of sp³-hybridized carbons (Fsp3) is 0.542. The van der Waals surface area contributed by atoms with Gasteiger partial charge in [0.2, 0.25) is 11.8 Å². The van der Waals surface area contributed by atoms with Gasteiger partial charge in [0.1, 0.15) is 11.9 Å². The largest absolute Gasteiger partial charge is 0.354 e. The molecule has 0 bridgehead atoms. The molecule has 168 valence electrons. The Kier molecular flexibility index (Phi) is 7.85. The first-order valence-electron chi connectivity index (χ1n) is 11.3. The lowest BCUT2D eigenvalue weighted by Gasteiger charge is -2.33. The first-order valence-corrected chi connectivity index (χ1v) is 11.3.